The van der Waals surface area contributed by atoms with Crippen molar-refractivity contribution in [3.63, 3.8) is 0 Å². The van der Waals surface area contributed by atoms with Gasteiger partial charge in [0.2, 0.25) is 0 Å². The third-order valence-electron chi connectivity index (χ3n) is 8.39. The quantitative estimate of drug-likeness (QED) is 0.294. The highest BCUT2D eigenvalue weighted by molar-refractivity contribution is 5.34. The molecule has 0 bridgehead atoms. The summed E-state index contributed by atoms with van der Waals surface area (Å²) in [6, 6.07) is 7.84. The molecule has 4 rings (SSSR count). The lowest BCUT2D eigenvalue weighted by Crippen LogP contribution is -2.25. The predicted octanol–water partition coefficient (Wildman–Crippen LogP) is 10.1. The summed E-state index contributed by atoms with van der Waals surface area (Å²) in [4.78, 5) is 0. The van der Waals surface area contributed by atoms with Gasteiger partial charge in [-0.3, -0.25) is 0 Å². The van der Waals surface area contributed by atoms with Gasteiger partial charge in [-0.2, -0.15) is 8.78 Å². The molecule has 2 aromatic carbocycles. The van der Waals surface area contributed by atoms with Gasteiger partial charge in [0, 0.05) is 6.07 Å². The molecule has 0 aromatic heterocycles. The molecule has 0 N–H and O–H groups in total. The molecule has 2 fully saturated rings. The van der Waals surface area contributed by atoms with Gasteiger partial charge in [0.25, 0.3) is 0 Å². The summed E-state index contributed by atoms with van der Waals surface area (Å²) in [6.45, 7) is 2.25. The van der Waals surface area contributed by atoms with Crippen LogP contribution in [0.1, 0.15) is 94.6 Å². The van der Waals surface area contributed by atoms with E-state index in [4.69, 9.17) is 0 Å². The highest BCUT2D eigenvalue weighted by Gasteiger charge is 2.37. The minimum absolute atomic E-state index is 0.339. The Morgan fingerprint density at radius 1 is 0.763 bits per heavy atom. The van der Waals surface area contributed by atoms with Crippen LogP contribution in [0.4, 0.5) is 26.3 Å². The molecule has 0 atom stereocenters. The first kappa shape index (κ1) is 28.6. The molecule has 0 radical (unpaired) electrons. The molecule has 2 nitrogen and oxygen atoms in total. The van der Waals surface area contributed by atoms with Crippen molar-refractivity contribution in [1.29, 1.82) is 0 Å². The zero-order valence-electron chi connectivity index (χ0n) is 21.7. The van der Waals surface area contributed by atoms with Crippen molar-refractivity contribution in [2.24, 2.45) is 17.8 Å². The maximum absolute atomic E-state index is 14.7. The van der Waals surface area contributed by atoms with Gasteiger partial charge in [0.15, 0.2) is 11.6 Å². The Hall–Kier alpha value is -2.38. The standard InChI is InChI=1S/C30H36F6O2/c1-2-3-4-20-5-7-21(8-6-20)22-9-11-23(12-10-22)24-13-15-25(16-14-24)29(32,33)37-26-17-18-28(27(31)19-26)38-30(34,35)36/h13-23H,2-12H2,1H3/t20-,21-,22-,23-. The Morgan fingerprint density at radius 3 is 1.92 bits per heavy atom. The van der Waals surface area contributed by atoms with Crippen LogP contribution >= 0.6 is 0 Å². The molecule has 0 saturated heterocycles. The third kappa shape index (κ3) is 7.60. The fourth-order valence-electron chi connectivity index (χ4n) is 6.27. The minimum Gasteiger partial charge on any atom is -0.429 e. The van der Waals surface area contributed by atoms with Gasteiger partial charge in [-0.05, 0) is 92.0 Å². The van der Waals surface area contributed by atoms with Gasteiger partial charge in [-0.15, -0.1) is 13.2 Å². The molecule has 0 aliphatic heterocycles. The van der Waals surface area contributed by atoms with E-state index in [2.05, 4.69) is 16.4 Å². The fourth-order valence-corrected chi connectivity index (χ4v) is 6.27. The zero-order valence-corrected chi connectivity index (χ0v) is 21.7. The highest BCUT2D eigenvalue weighted by Crippen LogP contribution is 2.45. The molecule has 2 aliphatic rings. The van der Waals surface area contributed by atoms with Crippen molar-refractivity contribution < 1.29 is 35.8 Å². The molecule has 2 aromatic rings. The molecule has 8 heteroatoms. The van der Waals surface area contributed by atoms with Crippen LogP contribution in [0, 0.1) is 23.6 Å². The molecular weight excluding hydrogens is 506 g/mol. The van der Waals surface area contributed by atoms with Gasteiger partial charge in [0.05, 0.1) is 5.56 Å². The second-order valence-electron chi connectivity index (χ2n) is 10.9. The number of benzene rings is 2. The van der Waals surface area contributed by atoms with Crippen LogP contribution in [0.2, 0.25) is 0 Å². The van der Waals surface area contributed by atoms with Gasteiger partial charge in [-0.1, -0.05) is 51.2 Å². The van der Waals surface area contributed by atoms with Crippen LogP contribution in [0.5, 0.6) is 11.5 Å². The maximum atomic E-state index is 14.7. The SMILES string of the molecule is CCCC[C@H]1CC[C@H]([C@H]2CC[C@H](c3ccc(C(F)(F)Oc4ccc(OC(F)(F)F)c(F)c4)cc3)CC2)CC1. The largest absolute Gasteiger partial charge is 0.573 e. The first-order valence-electron chi connectivity index (χ1n) is 13.8. The molecule has 0 heterocycles. The van der Waals surface area contributed by atoms with Crippen LogP contribution in [-0.2, 0) is 6.11 Å². The molecule has 0 unspecified atom stereocenters. The van der Waals surface area contributed by atoms with Gasteiger partial charge < -0.3 is 9.47 Å². The number of unbranched alkanes of at least 4 members (excludes halogenated alkanes) is 1. The van der Waals surface area contributed by atoms with Crippen molar-refractivity contribution in [3.8, 4) is 11.5 Å². The Kier molecular flexibility index (Phi) is 9.19. The van der Waals surface area contributed by atoms with Crippen LogP contribution in [0.15, 0.2) is 42.5 Å². The zero-order chi connectivity index (χ0) is 27.3. The fraction of sp³-hybridized carbons (Fsp3) is 0.600. The number of halogens is 6. The van der Waals surface area contributed by atoms with Crippen LogP contribution in [0.3, 0.4) is 0 Å². The van der Waals surface area contributed by atoms with Crippen molar-refractivity contribution in [2.75, 3.05) is 0 Å². The first-order chi connectivity index (χ1) is 18.0. The van der Waals surface area contributed by atoms with Gasteiger partial charge in [0.1, 0.15) is 5.75 Å². The molecule has 210 valence electrons. The Labute approximate surface area is 220 Å². The average molecular weight is 543 g/mol. The monoisotopic (exact) mass is 542 g/mol. The molecule has 2 saturated carbocycles. The van der Waals surface area contributed by atoms with Crippen LogP contribution in [-0.4, -0.2) is 6.36 Å². The third-order valence-corrected chi connectivity index (χ3v) is 8.39. The maximum Gasteiger partial charge on any atom is 0.573 e. The van der Waals surface area contributed by atoms with Crippen molar-refractivity contribution in [2.45, 2.75) is 95.9 Å². The van der Waals surface area contributed by atoms with E-state index >= 15 is 0 Å². The summed E-state index contributed by atoms with van der Waals surface area (Å²) in [5.41, 5.74) is 0.608. The normalized spacial score (nSPS) is 24.7. The Bertz CT molecular complexity index is 1020. The molecule has 2 aliphatic carbocycles. The van der Waals surface area contributed by atoms with Crippen molar-refractivity contribution >= 4 is 0 Å². The van der Waals surface area contributed by atoms with E-state index in [9.17, 15) is 26.3 Å². The van der Waals surface area contributed by atoms with Crippen molar-refractivity contribution in [1.82, 2.24) is 0 Å². The van der Waals surface area contributed by atoms with Crippen LogP contribution < -0.4 is 9.47 Å². The summed E-state index contributed by atoms with van der Waals surface area (Å²) in [5, 5.41) is 0. The smallest absolute Gasteiger partial charge is 0.429 e. The van der Waals surface area contributed by atoms with E-state index in [-0.39, 0.29) is 0 Å². The average Bonchev–Trinajstić information content (AvgIpc) is 2.89. The number of ether oxygens (including phenoxy) is 2. The second-order valence-corrected chi connectivity index (χ2v) is 10.9. The van der Waals surface area contributed by atoms with Gasteiger partial charge >= 0.3 is 12.5 Å². The number of rotatable bonds is 9. The lowest BCUT2D eigenvalue weighted by Gasteiger charge is -2.38. The second kappa shape index (κ2) is 12.2. The summed E-state index contributed by atoms with van der Waals surface area (Å²) in [6.07, 6.45) is 4.97. The predicted molar refractivity (Wildman–Crippen MR) is 134 cm³/mol. The number of hydrogen-bond donors (Lipinski definition) is 0. The molecule has 0 spiro atoms. The highest BCUT2D eigenvalue weighted by atomic mass is 19.4. The molecular formula is C30H36F6O2. The van der Waals surface area contributed by atoms with E-state index in [0.29, 0.717) is 18.1 Å². The van der Waals surface area contributed by atoms with E-state index < -0.39 is 35.4 Å². The number of hydrogen-bond acceptors (Lipinski definition) is 2. The number of alkyl halides is 5. The van der Waals surface area contributed by atoms with Crippen molar-refractivity contribution in [3.05, 3.63) is 59.4 Å². The lowest BCUT2D eigenvalue weighted by molar-refractivity contribution is -0.275. The summed E-state index contributed by atoms with van der Waals surface area (Å²) in [5.74, 6) is -0.340. The molecule has 38 heavy (non-hydrogen) atoms. The van der Waals surface area contributed by atoms with E-state index in [0.717, 1.165) is 42.2 Å². The molecule has 0 amide bonds. The van der Waals surface area contributed by atoms with E-state index in [1.54, 1.807) is 12.1 Å². The van der Waals surface area contributed by atoms with E-state index in [1.807, 2.05) is 0 Å². The first-order valence-corrected chi connectivity index (χ1v) is 13.8. The van der Waals surface area contributed by atoms with Crippen LogP contribution in [0.25, 0.3) is 0 Å². The topological polar surface area (TPSA) is 18.5 Å². The van der Waals surface area contributed by atoms with E-state index in [1.165, 1.54) is 69.9 Å². The summed E-state index contributed by atoms with van der Waals surface area (Å²) >= 11 is 0. The Morgan fingerprint density at radius 2 is 1.37 bits per heavy atom. The lowest BCUT2D eigenvalue weighted by atomic mass is 9.68. The Balaban J connectivity index is 1.29. The van der Waals surface area contributed by atoms with Gasteiger partial charge in [-0.25, -0.2) is 4.39 Å². The summed E-state index contributed by atoms with van der Waals surface area (Å²) < 4.78 is 88.3. The minimum atomic E-state index is -5.10. The summed E-state index contributed by atoms with van der Waals surface area (Å²) in [7, 11) is 0.